The molecule has 92 valence electrons. The second-order valence-corrected chi connectivity index (χ2v) is 4.19. The molecule has 0 aromatic rings. The van der Waals surface area contributed by atoms with E-state index in [4.69, 9.17) is 5.26 Å². The average Bonchev–Trinajstić information content (AvgIpc) is 2.17. The lowest BCUT2D eigenvalue weighted by molar-refractivity contribution is 0.230. The number of alkyl halides is 1. The summed E-state index contributed by atoms with van der Waals surface area (Å²) in [6, 6.07) is 0. The number of nitrogens with zero attached hydrogens (tertiary/aromatic N) is 2. The second kappa shape index (κ2) is 14.4. The first-order chi connectivity index (χ1) is 7.58. The Labute approximate surface area is 101 Å². The van der Waals surface area contributed by atoms with Crippen LogP contribution in [0.3, 0.4) is 0 Å². The third-order valence-electron chi connectivity index (χ3n) is 2.18. The Hall–Kier alpha value is -0.555. The van der Waals surface area contributed by atoms with E-state index < -0.39 is 6.17 Å². The lowest BCUT2D eigenvalue weighted by Crippen LogP contribution is -2.22. The van der Waals surface area contributed by atoms with E-state index in [0.717, 1.165) is 12.8 Å². The van der Waals surface area contributed by atoms with Crippen molar-refractivity contribution in [2.45, 2.75) is 51.6 Å². The highest BCUT2D eigenvalue weighted by molar-refractivity contribution is 6.20. The van der Waals surface area contributed by atoms with Crippen LogP contribution in [0, 0.1) is 11.2 Å². The molecule has 0 aliphatic rings. The number of hydrogen-bond acceptors (Lipinski definition) is 2. The molecule has 0 aromatic carbocycles. The van der Waals surface area contributed by atoms with E-state index in [1.54, 1.807) is 0 Å². The van der Waals surface area contributed by atoms with Gasteiger partial charge in [-0.1, -0.05) is 39.0 Å². The molecular weight excluding hydrogens is 202 g/mol. The summed E-state index contributed by atoms with van der Waals surface area (Å²) >= 11 is 0. The van der Waals surface area contributed by atoms with Gasteiger partial charge in [0.25, 0.3) is 0 Å². The summed E-state index contributed by atoms with van der Waals surface area (Å²) in [6.07, 6.45) is 6.18. The lowest BCUT2D eigenvalue weighted by atomic mass is 10.1. The Bertz CT molecular complexity index is 169. The van der Waals surface area contributed by atoms with Crippen molar-refractivity contribution in [3.8, 4) is 5.97 Å². The third-order valence-corrected chi connectivity index (χ3v) is 2.18. The normalized spacial score (nSPS) is 11.5. The van der Waals surface area contributed by atoms with Gasteiger partial charge in [-0.3, -0.25) is 0 Å². The van der Waals surface area contributed by atoms with Gasteiger partial charge >= 0.3 is 0 Å². The summed E-state index contributed by atoms with van der Waals surface area (Å²) in [4.78, 5) is 1.91. The molecule has 0 saturated carbocycles. The fourth-order valence-electron chi connectivity index (χ4n) is 1.46. The number of halogens is 1. The zero-order valence-electron chi connectivity index (χ0n) is 10.9. The van der Waals surface area contributed by atoms with Gasteiger partial charge < -0.3 is 4.90 Å². The van der Waals surface area contributed by atoms with Gasteiger partial charge in [-0.15, -0.1) is 0 Å². The predicted molar refractivity (Wildman–Crippen MR) is 68.2 cm³/mol. The van der Waals surface area contributed by atoms with Crippen LogP contribution in [-0.2, 0) is 0 Å². The molecule has 0 N–H and O–H groups in total. The molecule has 0 amide bonds. The van der Waals surface area contributed by atoms with Crippen LogP contribution in [0.2, 0.25) is 0 Å². The minimum absolute atomic E-state index is 0.577. The van der Waals surface area contributed by atoms with Gasteiger partial charge in [0.05, 0.1) is 0 Å². The lowest BCUT2D eigenvalue weighted by Gasteiger charge is -2.13. The van der Waals surface area contributed by atoms with E-state index in [1.165, 1.54) is 31.7 Å². The van der Waals surface area contributed by atoms with E-state index in [9.17, 15) is 4.39 Å². The Morgan fingerprint density at radius 2 is 1.75 bits per heavy atom. The van der Waals surface area contributed by atoms with E-state index in [1.807, 2.05) is 19.0 Å². The predicted octanol–water partition coefficient (Wildman–Crippen LogP) is 2.88. The van der Waals surface area contributed by atoms with Crippen molar-refractivity contribution in [2.24, 2.45) is 0 Å². The maximum atomic E-state index is 13.1. The molecule has 0 fully saturated rings. The molecule has 0 saturated heterocycles. The highest BCUT2D eigenvalue weighted by atomic mass is 19.1. The molecule has 1 atom stereocenters. The number of hydrogen-bond donors (Lipinski definition) is 0. The first-order valence-electron chi connectivity index (χ1n) is 5.96. The van der Waals surface area contributed by atoms with Crippen LogP contribution in [-0.4, -0.2) is 39.6 Å². The Kier molecular flexibility index (Phi) is 16.1. The summed E-state index contributed by atoms with van der Waals surface area (Å²) in [5.74, 6) is 1.25. The van der Waals surface area contributed by atoms with Crippen molar-refractivity contribution in [2.75, 3.05) is 20.6 Å². The summed E-state index contributed by atoms with van der Waals surface area (Å²) in [6.45, 7) is 2.78. The van der Waals surface area contributed by atoms with Gasteiger partial charge in [-0.25, -0.2) is 9.65 Å². The molecule has 2 radical (unpaired) electrons. The number of rotatable bonds is 8. The van der Waals surface area contributed by atoms with Crippen molar-refractivity contribution >= 4 is 7.85 Å². The molecule has 0 aliphatic carbocycles. The van der Waals surface area contributed by atoms with E-state index >= 15 is 0 Å². The van der Waals surface area contributed by atoms with Crippen LogP contribution in [0.25, 0.3) is 0 Å². The van der Waals surface area contributed by atoms with Gasteiger partial charge in [0.15, 0.2) is 0 Å². The van der Waals surface area contributed by atoms with Crippen molar-refractivity contribution in [3.63, 3.8) is 0 Å². The highest BCUT2D eigenvalue weighted by Gasteiger charge is 2.06. The number of nitriles is 1. The van der Waals surface area contributed by atoms with Crippen LogP contribution in [0.4, 0.5) is 4.39 Å². The third kappa shape index (κ3) is 19.1. The van der Waals surface area contributed by atoms with Gasteiger partial charge in [-0.05, 0) is 26.5 Å². The smallest absolute Gasteiger partial charge is 0.229 e. The molecule has 4 heteroatoms. The van der Waals surface area contributed by atoms with Crippen molar-refractivity contribution in [1.29, 1.82) is 5.26 Å². The Morgan fingerprint density at radius 1 is 1.25 bits per heavy atom. The van der Waals surface area contributed by atoms with Crippen LogP contribution in [0.15, 0.2) is 0 Å². The van der Waals surface area contributed by atoms with Gasteiger partial charge in [-0.2, -0.15) is 0 Å². The molecule has 0 aromatic heterocycles. The zero-order valence-corrected chi connectivity index (χ0v) is 10.9. The average molecular weight is 226 g/mol. The highest BCUT2D eigenvalue weighted by Crippen LogP contribution is 2.09. The van der Waals surface area contributed by atoms with Crippen molar-refractivity contribution < 1.29 is 4.39 Å². The van der Waals surface area contributed by atoms with Crippen molar-refractivity contribution in [1.82, 2.24) is 4.90 Å². The largest absolute Gasteiger partial charge is 0.307 e. The fourth-order valence-corrected chi connectivity index (χ4v) is 1.46. The molecule has 0 heterocycles. The fraction of sp³-hybridized carbons (Fsp3) is 0.917. The maximum Gasteiger partial charge on any atom is 0.229 e. The molecular formula is C12H24BFN2. The zero-order chi connectivity index (χ0) is 12.8. The molecule has 2 nitrogen and oxygen atoms in total. The SMILES string of the molecule is CCCCCCCC(F)CN(C)C.[B]C#N. The maximum absolute atomic E-state index is 13.1. The summed E-state index contributed by atoms with van der Waals surface area (Å²) in [5.41, 5.74) is 0. The summed E-state index contributed by atoms with van der Waals surface area (Å²) < 4.78 is 13.1. The molecule has 0 spiro atoms. The quantitative estimate of drug-likeness (QED) is 0.470. The Balaban J connectivity index is 0. The monoisotopic (exact) mass is 226 g/mol. The number of unbranched alkanes of at least 4 members (excludes halogenated alkanes) is 4. The minimum atomic E-state index is -0.628. The van der Waals surface area contributed by atoms with Crippen LogP contribution < -0.4 is 0 Å². The Morgan fingerprint density at radius 3 is 2.19 bits per heavy atom. The van der Waals surface area contributed by atoms with Gasteiger partial charge in [0, 0.05) is 6.54 Å². The topological polar surface area (TPSA) is 27.0 Å². The second-order valence-electron chi connectivity index (χ2n) is 4.19. The molecule has 0 bridgehead atoms. The molecule has 0 aliphatic heterocycles. The molecule has 16 heavy (non-hydrogen) atoms. The van der Waals surface area contributed by atoms with Crippen molar-refractivity contribution in [3.05, 3.63) is 0 Å². The first-order valence-corrected chi connectivity index (χ1v) is 5.96. The molecule has 0 rings (SSSR count). The van der Waals surface area contributed by atoms with Crippen LogP contribution in [0.1, 0.15) is 45.4 Å². The minimum Gasteiger partial charge on any atom is -0.307 e. The molecule has 1 unspecified atom stereocenters. The van der Waals surface area contributed by atoms with Crippen LogP contribution in [0.5, 0.6) is 0 Å². The standard InChI is InChI=1S/C11H24FN.CBN/c1-4-5-6-7-8-9-11(12)10-13(2)3;2-1-3/h11H,4-10H2,1-3H3;. The van der Waals surface area contributed by atoms with Crippen LogP contribution >= 0.6 is 0 Å². The summed E-state index contributed by atoms with van der Waals surface area (Å²) in [5, 5.41) is 7.10. The van der Waals surface area contributed by atoms with E-state index in [-0.39, 0.29) is 0 Å². The van der Waals surface area contributed by atoms with E-state index in [2.05, 4.69) is 14.8 Å². The summed E-state index contributed by atoms with van der Waals surface area (Å²) in [7, 11) is 7.99. The first kappa shape index (κ1) is 17.8. The van der Waals surface area contributed by atoms with Gasteiger partial charge in [0.2, 0.25) is 7.85 Å². The van der Waals surface area contributed by atoms with E-state index in [0.29, 0.717) is 6.54 Å². The van der Waals surface area contributed by atoms with Gasteiger partial charge in [0.1, 0.15) is 6.17 Å².